The molecule has 1 N–H and O–H groups in total. The fourth-order valence-electron chi connectivity index (χ4n) is 2.72. The molecule has 1 amide bonds. The highest BCUT2D eigenvalue weighted by Crippen LogP contribution is 2.29. The van der Waals surface area contributed by atoms with Crippen LogP contribution in [-0.2, 0) is 14.8 Å². The second-order valence-electron chi connectivity index (χ2n) is 6.98. The minimum absolute atomic E-state index is 0.0328. The predicted molar refractivity (Wildman–Crippen MR) is 128 cm³/mol. The quantitative estimate of drug-likeness (QED) is 0.318. The van der Waals surface area contributed by atoms with Gasteiger partial charge in [0.1, 0.15) is 18.1 Å². The van der Waals surface area contributed by atoms with Crippen LogP contribution < -0.4 is 14.4 Å². The summed E-state index contributed by atoms with van der Waals surface area (Å²) in [6.45, 7) is 5.75. The maximum Gasteiger partial charge on any atom is 0.264 e. The van der Waals surface area contributed by atoms with Crippen molar-refractivity contribution in [2.75, 3.05) is 22.8 Å². The number of nitrogens with zero attached hydrogens (tertiary/aromatic N) is 3. The molecule has 2 aromatic carbocycles. The van der Waals surface area contributed by atoms with Crippen LogP contribution >= 0.6 is 23.1 Å². The van der Waals surface area contributed by atoms with Crippen LogP contribution in [0.1, 0.15) is 20.8 Å². The number of rotatable bonds is 10. The van der Waals surface area contributed by atoms with Crippen LogP contribution in [0.4, 0.5) is 15.2 Å². The minimum atomic E-state index is -4.14. The Balaban J connectivity index is 1.85. The summed E-state index contributed by atoms with van der Waals surface area (Å²) in [6.07, 6.45) is 0. The van der Waals surface area contributed by atoms with E-state index in [1.54, 1.807) is 0 Å². The number of anilines is 2. The van der Waals surface area contributed by atoms with Crippen LogP contribution in [0.3, 0.4) is 0 Å². The molecule has 0 saturated heterocycles. The average molecular weight is 511 g/mol. The largest absolute Gasteiger partial charge is 0.494 e. The molecule has 1 aromatic heterocycles. The molecular weight excluding hydrogens is 487 g/mol. The summed E-state index contributed by atoms with van der Waals surface area (Å²) in [7, 11) is -4.14. The van der Waals surface area contributed by atoms with E-state index in [0.717, 1.165) is 16.4 Å². The van der Waals surface area contributed by atoms with Gasteiger partial charge in [-0.15, -0.1) is 10.2 Å². The molecule has 0 radical (unpaired) electrons. The number of thioether (sulfide) groups is 1. The lowest BCUT2D eigenvalue weighted by Crippen LogP contribution is -2.38. The zero-order chi connectivity index (χ0) is 24.0. The van der Waals surface area contributed by atoms with E-state index in [9.17, 15) is 17.6 Å². The highest BCUT2D eigenvalue weighted by Gasteiger charge is 2.28. The van der Waals surface area contributed by atoms with Gasteiger partial charge in [0.05, 0.1) is 17.2 Å². The summed E-state index contributed by atoms with van der Waals surface area (Å²) in [5.41, 5.74) is 0.147. The first kappa shape index (κ1) is 24.9. The van der Waals surface area contributed by atoms with Crippen LogP contribution in [0.25, 0.3) is 0 Å². The second kappa shape index (κ2) is 10.9. The lowest BCUT2D eigenvalue weighted by atomic mass is 10.3. The number of ether oxygens (including phenoxy) is 1. The Morgan fingerprint density at radius 1 is 1.15 bits per heavy atom. The molecule has 12 heteroatoms. The molecule has 176 valence electrons. The van der Waals surface area contributed by atoms with Crippen molar-refractivity contribution in [2.45, 2.75) is 35.3 Å². The van der Waals surface area contributed by atoms with Gasteiger partial charge in [0.15, 0.2) is 4.34 Å². The summed E-state index contributed by atoms with van der Waals surface area (Å²) < 4.78 is 47.2. The molecule has 0 fully saturated rings. The number of sulfonamides is 1. The molecule has 0 spiro atoms. The van der Waals surface area contributed by atoms with Gasteiger partial charge in [-0.1, -0.05) is 36.9 Å². The fraction of sp³-hybridized carbons (Fsp3) is 0.286. The molecule has 1 heterocycles. The summed E-state index contributed by atoms with van der Waals surface area (Å²) in [5, 5.41) is 11.1. The number of carbonyl (C=O) groups is 1. The first-order valence-electron chi connectivity index (χ1n) is 10.00. The van der Waals surface area contributed by atoms with Gasteiger partial charge in [-0.3, -0.25) is 14.4 Å². The van der Waals surface area contributed by atoms with Crippen molar-refractivity contribution >= 4 is 49.8 Å². The third kappa shape index (κ3) is 6.65. The van der Waals surface area contributed by atoms with E-state index in [4.69, 9.17) is 4.74 Å². The van der Waals surface area contributed by atoms with Crippen LogP contribution in [0, 0.1) is 5.82 Å². The van der Waals surface area contributed by atoms with E-state index in [1.165, 1.54) is 59.5 Å². The number of hydrogen-bond acceptors (Lipinski definition) is 8. The van der Waals surface area contributed by atoms with Crippen LogP contribution in [0.15, 0.2) is 57.8 Å². The number of halogens is 1. The van der Waals surface area contributed by atoms with Crippen LogP contribution in [0.2, 0.25) is 0 Å². The first-order valence-corrected chi connectivity index (χ1v) is 13.1. The van der Waals surface area contributed by atoms with Crippen molar-refractivity contribution in [1.29, 1.82) is 0 Å². The van der Waals surface area contributed by atoms with Gasteiger partial charge >= 0.3 is 0 Å². The molecule has 3 rings (SSSR count). The lowest BCUT2D eigenvalue weighted by molar-refractivity contribution is -0.114. The van der Waals surface area contributed by atoms with Crippen molar-refractivity contribution in [1.82, 2.24) is 10.2 Å². The molecule has 0 aliphatic rings. The van der Waals surface area contributed by atoms with Gasteiger partial charge in [0.25, 0.3) is 10.0 Å². The Hall–Kier alpha value is -2.70. The van der Waals surface area contributed by atoms with Gasteiger partial charge in [0, 0.05) is 5.25 Å². The SMILES string of the molecule is CCOc1ccc(S(=O)(=O)N(CC(=O)Nc2nnc(SC(C)C)s2)c2ccc(F)cc2)cc1. The van der Waals surface area contributed by atoms with Gasteiger partial charge < -0.3 is 4.74 Å². The summed E-state index contributed by atoms with van der Waals surface area (Å²) in [4.78, 5) is 12.7. The van der Waals surface area contributed by atoms with Gasteiger partial charge in [-0.25, -0.2) is 12.8 Å². The van der Waals surface area contributed by atoms with E-state index >= 15 is 0 Å². The van der Waals surface area contributed by atoms with Gasteiger partial charge in [0.2, 0.25) is 11.0 Å². The van der Waals surface area contributed by atoms with Crippen molar-refractivity contribution < 1.29 is 22.3 Å². The smallest absolute Gasteiger partial charge is 0.264 e. The predicted octanol–water partition coefficient (Wildman–Crippen LogP) is 4.41. The molecule has 0 aliphatic heterocycles. The average Bonchev–Trinajstić information content (AvgIpc) is 3.19. The number of amides is 1. The number of aromatic nitrogens is 2. The Kier molecular flexibility index (Phi) is 8.27. The zero-order valence-corrected chi connectivity index (χ0v) is 20.6. The molecule has 0 saturated carbocycles. The van der Waals surface area contributed by atoms with Gasteiger partial charge in [-0.2, -0.15) is 0 Å². The lowest BCUT2D eigenvalue weighted by Gasteiger charge is -2.24. The number of carbonyl (C=O) groups excluding carboxylic acids is 1. The first-order chi connectivity index (χ1) is 15.7. The standard InChI is InChI=1S/C21H23FN4O4S3/c1-4-30-17-9-11-18(12-10-17)33(28,29)26(16-7-5-15(22)6-8-16)13-19(27)23-20-24-25-21(32-20)31-14(2)3/h5-12,14H,4,13H2,1-3H3,(H,23,24,27). The molecule has 0 atom stereocenters. The second-order valence-corrected chi connectivity index (χ2v) is 11.6. The maximum atomic E-state index is 13.5. The Labute approximate surface area is 200 Å². The fourth-order valence-corrected chi connectivity index (χ4v) is 6.14. The Morgan fingerprint density at radius 3 is 2.42 bits per heavy atom. The van der Waals surface area contributed by atoms with E-state index in [1.807, 2.05) is 20.8 Å². The highest BCUT2D eigenvalue weighted by atomic mass is 32.2. The van der Waals surface area contributed by atoms with E-state index < -0.39 is 28.3 Å². The van der Waals surface area contributed by atoms with Crippen LogP contribution in [0.5, 0.6) is 5.75 Å². The van der Waals surface area contributed by atoms with Crippen LogP contribution in [-0.4, -0.2) is 42.9 Å². The minimum Gasteiger partial charge on any atom is -0.494 e. The molecular formula is C21H23FN4O4S3. The van der Waals surface area contributed by atoms with Crippen molar-refractivity contribution in [3.63, 3.8) is 0 Å². The van der Waals surface area contributed by atoms with Crippen molar-refractivity contribution in [3.05, 3.63) is 54.3 Å². The van der Waals surface area contributed by atoms with E-state index in [2.05, 4.69) is 15.5 Å². The van der Waals surface area contributed by atoms with Crippen molar-refractivity contribution in [3.8, 4) is 5.75 Å². The Bertz CT molecular complexity index is 1180. The molecule has 0 bridgehead atoms. The highest BCUT2D eigenvalue weighted by molar-refractivity contribution is 8.01. The molecule has 0 unspecified atom stereocenters. The third-order valence-electron chi connectivity index (χ3n) is 4.11. The number of benzene rings is 2. The van der Waals surface area contributed by atoms with Crippen molar-refractivity contribution in [2.24, 2.45) is 0 Å². The maximum absolute atomic E-state index is 13.5. The molecule has 33 heavy (non-hydrogen) atoms. The van der Waals surface area contributed by atoms with E-state index in [-0.39, 0.29) is 15.7 Å². The normalized spacial score (nSPS) is 11.4. The molecule has 3 aromatic rings. The monoisotopic (exact) mass is 510 g/mol. The number of hydrogen-bond donors (Lipinski definition) is 1. The number of nitrogens with one attached hydrogen (secondary N) is 1. The Morgan fingerprint density at radius 2 is 1.82 bits per heavy atom. The zero-order valence-electron chi connectivity index (χ0n) is 18.2. The van der Waals surface area contributed by atoms with E-state index in [0.29, 0.717) is 21.9 Å². The summed E-state index contributed by atoms with van der Waals surface area (Å²) >= 11 is 2.71. The third-order valence-corrected chi connectivity index (χ3v) is 7.83. The molecule has 0 aliphatic carbocycles. The molecule has 8 nitrogen and oxygen atoms in total. The summed E-state index contributed by atoms with van der Waals surface area (Å²) in [5.74, 6) is -0.606. The summed E-state index contributed by atoms with van der Waals surface area (Å²) in [6, 6.07) is 10.7. The van der Waals surface area contributed by atoms with Gasteiger partial charge in [-0.05, 0) is 55.5 Å². The topological polar surface area (TPSA) is 101 Å².